The Morgan fingerprint density at radius 1 is 0.576 bits per heavy atom. The van der Waals surface area contributed by atoms with Crippen LogP contribution in [0.1, 0.15) is 232 Å². The monoisotopic (exact) mass is 838 g/mol. The van der Waals surface area contributed by atoms with Gasteiger partial charge in [0.15, 0.2) is 6.29 Å². The van der Waals surface area contributed by atoms with Gasteiger partial charge in [-0.3, -0.25) is 4.79 Å². The topological polar surface area (TPSA) is 149 Å². The minimum absolute atomic E-state index is 0.140. The van der Waals surface area contributed by atoms with E-state index in [2.05, 4.69) is 43.5 Å². The van der Waals surface area contributed by atoms with Crippen LogP contribution < -0.4 is 5.32 Å². The summed E-state index contributed by atoms with van der Waals surface area (Å²) >= 11 is 0. The number of hydrogen-bond acceptors (Lipinski definition) is 8. The molecule has 0 radical (unpaired) electrons. The quantitative estimate of drug-likeness (QED) is 0.0263. The van der Waals surface area contributed by atoms with Crippen LogP contribution in [-0.4, -0.2) is 87.5 Å². The van der Waals surface area contributed by atoms with E-state index in [1.807, 2.05) is 0 Å². The van der Waals surface area contributed by atoms with Crippen LogP contribution in [0.15, 0.2) is 24.3 Å². The summed E-state index contributed by atoms with van der Waals surface area (Å²) in [6.07, 6.45) is 41.9. The van der Waals surface area contributed by atoms with Gasteiger partial charge in [0.25, 0.3) is 0 Å². The molecule has 0 aromatic carbocycles. The third-order valence-electron chi connectivity index (χ3n) is 12.1. The smallest absolute Gasteiger partial charge is 0.220 e. The zero-order chi connectivity index (χ0) is 43.0. The minimum atomic E-state index is -1.55. The van der Waals surface area contributed by atoms with Gasteiger partial charge in [0.1, 0.15) is 24.4 Å². The van der Waals surface area contributed by atoms with Crippen LogP contribution in [0, 0.1) is 0 Å². The molecular weight excluding hydrogens is 743 g/mol. The van der Waals surface area contributed by atoms with Crippen LogP contribution in [0.3, 0.4) is 0 Å². The predicted octanol–water partition coefficient (Wildman–Crippen LogP) is 11.1. The molecule has 1 saturated heterocycles. The molecule has 0 saturated carbocycles. The Labute approximate surface area is 362 Å². The van der Waals surface area contributed by atoms with Gasteiger partial charge >= 0.3 is 0 Å². The van der Waals surface area contributed by atoms with Gasteiger partial charge in [-0.1, -0.05) is 205 Å². The molecule has 0 aromatic heterocycles. The molecule has 9 heteroatoms. The number of aliphatic hydroxyl groups excluding tert-OH is 5. The van der Waals surface area contributed by atoms with Crippen molar-refractivity contribution in [2.75, 3.05) is 13.2 Å². The molecule has 0 aliphatic carbocycles. The Kier molecular flexibility index (Phi) is 38.4. The van der Waals surface area contributed by atoms with Crippen LogP contribution in [-0.2, 0) is 14.3 Å². The molecule has 0 bridgehead atoms. The van der Waals surface area contributed by atoms with Crippen molar-refractivity contribution in [1.82, 2.24) is 5.32 Å². The van der Waals surface area contributed by atoms with Crippen molar-refractivity contribution < 1.29 is 39.8 Å². The van der Waals surface area contributed by atoms with Crippen LogP contribution in [0.2, 0.25) is 0 Å². The van der Waals surface area contributed by atoms with Crippen LogP contribution in [0.25, 0.3) is 0 Å². The predicted molar refractivity (Wildman–Crippen MR) is 244 cm³/mol. The first-order valence-electron chi connectivity index (χ1n) is 25.0. The Balaban J connectivity index is 2.26. The second kappa shape index (κ2) is 40.7. The molecule has 6 N–H and O–H groups in total. The Bertz CT molecular complexity index is 977. The molecule has 0 aromatic rings. The summed E-state index contributed by atoms with van der Waals surface area (Å²) in [7, 11) is 0. The molecule has 1 aliphatic heterocycles. The van der Waals surface area contributed by atoms with E-state index in [-0.39, 0.29) is 12.5 Å². The average molecular weight is 838 g/mol. The molecule has 1 fully saturated rings. The first-order chi connectivity index (χ1) is 28.8. The van der Waals surface area contributed by atoms with Gasteiger partial charge in [-0.25, -0.2) is 0 Å². The lowest BCUT2D eigenvalue weighted by molar-refractivity contribution is -0.302. The first kappa shape index (κ1) is 55.7. The number of aliphatic hydroxyl groups is 5. The van der Waals surface area contributed by atoms with Gasteiger partial charge in [-0.15, -0.1) is 0 Å². The van der Waals surface area contributed by atoms with E-state index >= 15 is 0 Å². The molecule has 1 heterocycles. The maximum atomic E-state index is 13.0. The lowest BCUT2D eigenvalue weighted by Crippen LogP contribution is -2.60. The molecule has 7 atom stereocenters. The van der Waals surface area contributed by atoms with Crippen molar-refractivity contribution in [3.05, 3.63) is 24.3 Å². The summed E-state index contributed by atoms with van der Waals surface area (Å²) in [5.74, 6) is -0.151. The fourth-order valence-corrected chi connectivity index (χ4v) is 8.02. The lowest BCUT2D eigenvalue weighted by atomic mass is 9.99. The number of hydrogen-bond donors (Lipinski definition) is 6. The third-order valence-corrected chi connectivity index (χ3v) is 12.1. The van der Waals surface area contributed by atoms with E-state index in [1.165, 1.54) is 154 Å². The second-order valence-electron chi connectivity index (χ2n) is 17.6. The molecular formula is C50H95NO8. The van der Waals surface area contributed by atoms with Crippen LogP contribution in [0.4, 0.5) is 0 Å². The summed E-state index contributed by atoms with van der Waals surface area (Å²) in [5, 5.41) is 54.4. The van der Waals surface area contributed by atoms with Crippen molar-refractivity contribution in [3.8, 4) is 0 Å². The molecule has 348 valence electrons. The number of rotatable bonds is 42. The highest BCUT2D eigenvalue weighted by molar-refractivity contribution is 5.76. The third kappa shape index (κ3) is 31.2. The summed E-state index contributed by atoms with van der Waals surface area (Å²) in [5.41, 5.74) is 0. The summed E-state index contributed by atoms with van der Waals surface area (Å²) < 4.78 is 11.3. The fraction of sp³-hybridized carbons (Fsp3) is 0.900. The Hall–Kier alpha value is -1.33. The van der Waals surface area contributed by atoms with Gasteiger partial charge in [-0.05, 0) is 44.9 Å². The van der Waals surface area contributed by atoms with E-state index in [4.69, 9.17) is 9.47 Å². The van der Waals surface area contributed by atoms with E-state index < -0.39 is 49.5 Å². The van der Waals surface area contributed by atoms with Crippen LogP contribution >= 0.6 is 0 Å². The van der Waals surface area contributed by atoms with E-state index in [0.29, 0.717) is 12.8 Å². The number of carbonyl (C=O) groups is 1. The molecule has 59 heavy (non-hydrogen) atoms. The summed E-state index contributed by atoms with van der Waals surface area (Å²) in [6.45, 7) is 3.83. The second-order valence-corrected chi connectivity index (χ2v) is 17.6. The van der Waals surface area contributed by atoms with E-state index in [0.717, 1.165) is 51.4 Å². The molecule has 1 amide bonds. The maximum Gasteiger partial charge on any atom is 0.220 e. The number of carbonyl (C=O) groups excluding carboxylic acids is 1. The molecule has 1 aliphatic rings. The molecule has 0 spiro atoms. The maximum absolute atomic E-state index is 13.0. The number of ether oxygens (including phenoxy) is 2. The van der Waals surface area contributed by atoms with Crippen molar-refractivity contribution in [3.63, 3.8) is 0 Å². The SMILES string of the molecule is CCCCCCCCCCC/C=C\C/C=C\CCCCCCCCCC(=O)NC(COC1OC(CO)C(O)C(O)C1O)C(O)CCCCCCCCCCCCCCC. The standard InChI is InChI=1S/C50H95NO8/c1-3-5-7-9-11-13-15-17-18-19-20-21-22-23-24-25-26-28-30-32-34-36-38-40-46(54)51-43(42-58-50-49(57)48(56)47(55)45(41-52)59-50)44(53)39-37-35-33-31-29-27-16-14-12-10-8-6-4-2/h20-21,23-24,43-45,47-50,52-53,55-57H,3-19,22,25-42H2,1-2H3,(H,51,54)/b21-20-,24-23-. The fourth-order valence-electron chi connectivity index (χ4n) is 8.02. The largest absolute Gasteiger partial charge is 0.394 e. The highest BCUT2D eigenvalue weighted by atomic mass is 16.7. The van der Waals surface area contributed by atoms with Crippen molar-refractivity contribution >= 4 is 5.91 Å². The van der Waals surface area contributed by atoms with Crippen molar-refractivity contribution in [2.45, 2.75) is 275 Å². The van der Waals surface area contributed by atoms with Gasteiger partial charge in [-0.2, -0.15) is 0 Å². The van der Waals surface area contributed by atoms with Gasteiger partial charge < -0.3 is 40.3 Å². The zero-order valence-corrected chi connectivity index (χ0v) is 38.3. The number of nitrogens with one attached hydrogen (secondary N) is 1. The summed E-state index contributed by atoms with van der Waals surface area (Å²) in [4.78, 5) is 13.0. The lowest BCUT2D eigenvalue weighted by Gasteiger charge is -2.40. The zero-order valence-electron chi connectivity index (χ0n) is 38.3. The highest BCUT2D eigenvalue weighted by Gasteiger charge is 2.44. The minimum Gasteiger partial charge on any atom is -0.394 e. The molecule has 7 unspecified atom stereocenters. The Morgan fingerprint density at radius 2 is 1.00 bits per heavy atom. The first-order valence-corrected chi connectivity index (χ1v) is 25.0. The van der Waals surface area contributed by atoms with Gasteiger partial charge in [0.05, 0.1) is 25.4 Å². The molecule has 1 rings (SSSR count). The van der Waals surface area contributed by atoms with E-state index in [9.17, 15) is 30.3 Å². The van der Waals surface area contributed by atoms with Gasteiger partial charge in [0, 0.05) is 6.42 Å². The normalized spacial score (nSPS) is 20.8. The number of amides is 1. The molecule has 9 nitrogen and oxygen atoms in total. The van der Waals surface area contributed by atoms with Gasteiger partial charge in [0.2, 0.25) is 5.91 Å². The van der Waals surface area contributed by atoms with E-state index in [1.54, 1.807) is 0 Å². The Morgan fingerprint density at radius 3 is 1.46 bits per heavy atom. The average Bonchev–Trinajstić information content (AvgIpc) is 3.23. The van der Waals surface area contributed by atoms with Crippen LogP contribution in [0.5, 0.6) is 0 Å². The summed E-state index contributed by atoms with van der Waals surface area (Å²) in [6, 6.07) is -0.721. The van der Waals surface area contributed by atoms with Crippen molar-refractivity contribution in [2.24, 2.45) is 0 Å². The number of unbranched alkanes of at least 4 members (excludes halogenated alkanes) is 28. The number of allylic oxidation sites excluding steroid dienone is 4. The van der Waals surface area contributed by atoms with Crippen molar-refractivity contribution in [1.29, 1.82) is 0 Å². The highest BCUT2D eigenvalue weighted by Crippen LogP contribution is 2.23.